The Morgan fingerprint density at radius 1 is 1.36 bits per heavy atom. The molecule has 4 heterocycles. The van der Waals surface area contributed by atoms with Crippen molar-refractivity contribution in [3.8, 4) is 0 Å². The lowest BCUT2D eigenvalue weighted by Gasteiger charge is -2.27. The SMILES string of the molecule is Nc1ncc2c(n1)CN(C(=O)c1cccn3nnnc13)CC2. The van der Waals surface area contributed by atoms with Crippen molar-refractivity contribution in [1.29, 1.82) is 0 Å². The zero-order valence-corrected chi connectivity index (χ0v) is 11.5. The average molecular weight is 296 g/mol. The summed E-state index contributed by atoms with van der Waals surface area (Å²) in [5.41, 5.74) is 8.35. The van der Waals surface area contributed by atoms with Gasteiger partial charge in [-0.15, -0.1) is 5.10 Å². The lowest BCUT2D eigenvalue weighted by atomic mass is 10.1. The van der Waals surface area contributed by atoms with Gasteiger partial charge in [0, 0.05) is 18.9 Å². The molecular formula is C13H12N8O. The summed E-state index contributed by atoms with van der Waals surface area (Å²) in [5, 5.41) is 11.3. The van der Waals surface area contributed by atoms with E-state index < -0.39 is 0 Å². The number of nitrogen functional groups attached to an aromatic ring is 1. The summed E-state index contributed by atoms with van der Waals surface area (Å²) in [6.45, 7) is 1.01. The lowest BCUT2D eigenvalue weighted by molar-refractivity contribution is 0.0733. The zero-order chi connectivity index (χ0) is 15.1. The molecule has 0 unspecified atom stereocenters. The molecule has 0 bridgehead atoms. The van der Waals surface area contributed by atoms with E-state index >= 15 is 0 Å². The van der Waals surface area contributed by atoms with Crippen LogP contribution in [0.5, 0.6) is 0 Å². The summed E-state index contributed by atoms with van der Waals surface area (Å²) >= 11 is 0. The number of carbonyl (C=O) groups excluding carboxylic acids is 1. The summed E-state index contributed by atoms with van der Waals surface area (Å²) in [5.74, 6) is 0.0973. The quantitative estimate of drug-likeness (QED) is 0.655. The van der Waals surface area contributed by atoms with Gasteiger partial charge in [-0.25, -0.2) is 9.97 Å². The second kappa shape index (κ2) is 4.72. The number of carbonyl (C=O) groups is 1. The fourth-order valence-electron chi connectivity index (χ4n) is 2.60. The van der Waals surface area contributed by atoms with Gasteiger partial charge in [-0.1, -0.05) is 0 Å². The van der Waals surface area contributed by atoms with Crippen LogP contribution in [0.4, 0.5) is 5.95 Å². The number of nitrogens with zero attached hydrogens (tertiary/aromatic N) is 7. The minimum absolute atomic E-state index is 0.122. The fourth-order valence-corrected chi connectivity index (χ4v) is 2.60. The molecule has 4 rings (SSSR count). The highest BCUT2D eigenvalue weighted by Crippen LogP contribution is 2.20. The van der Waals surface area contributed by atoms with Gasteiger partial charge in [0.2, 0.25) is 5.95 Å². The molecule has 1 aliphatic rings. The van der Waals surface area contributed by atoms with Crippen molar-refractivity contribution < 1.29 is 4.79 Å². The van der Waals surface area contributed by atoms with Crippen molar-refractivity contribution in [2.45, 2.75) is 13.0 Å². The van der Waals surface area contributed by atoms with Crippen molar-refractivity contribution in [3.63, 3.8) is 0 Å². The van der Waals surface area contributed by atoms with Gasteiger partial charge in [0.05, 0.1) is 17.8 Å². The second-order valence-corrected chi connectivity index (χ2v) is 5.05. The Morgan fingerprint density at radius 3 is 3.18 bits per heavy atom. The molecule has 110 valence electrons. The number of nitrogens with two attached hydrogens (primary N) is 1. The molecule has 0 fully saturated rings. The highest BCUT2D eigenvalue weighted by Gasteiger charge is 2.25. The number of hydrogen-bond acceptors (Lipinski definition) is 7. The predicted molar refractivity (Wildman–Crippen MR) is 75.7 cm³/mol. The van der Waals surface area contributed by atoms with Gasteiger partial charge in [0.1, 0.15) is 0 Å². The number of rotatable bonds is 1. The highest BCUT2D eigenvalue weighted by atomic mass is 16.2. The maximum absolute atomic E-state index is 12.7. The molecule has 0 aromatic carbocycles. The van der Waals surface area contributed by atoms with Crippen LogP contribution < -0.4 is 5.73 Å². The van der Waals surface area contributed by atoms with Crippen LogP contribution in [0.1, 0.15) is 21.6 Å². The van der Waals surface area contributed by atoms with Gasteiger partial charge >= 0.3 is 0 Å². The number of anilines is 1. The van der Waals surface area contributed by atoms with E-state index in [1.807, 2.05) is 0 Å². The third-order valence-corrected chi connectivity index (χ3v) is 3.71. The summed E-state index contributed by atoms with van der Waals surface area (Å²) in [6.07, 6.45) is 4.13. The predicted octanol–water partition coefficient (Wildman–Crippen LogP) is -0.305. The molecule has 9 heteroatoms. The Labute approximate surface area is 124 Å². The van der Waals surface area contributed by atoms with Gasteiger partial charge in [-0.2, -0.15) is 4.52 Å². The molecule has 0 saturated carbocycles. The van der Waals surface area contributed by atoms with Gasteiger partial charge in [-0.3, -0.25) is 4.79 Å². The van der Waals surface area contributed by atoms with Crippen LogP contribution >= 0.6 is 0 Å². The van der Waals surface area contributed by atoms with Crippen LogP contribution in [0, 0.1) is 0 Å². The van der Waals surface area contributed by atoms with Gasteiger partial charge in [0.25, 0.3) is 5.91 Å². The van der Waals surface area contributed by atoms with E-state index in [-0.39, 0.29) is 11.9 Å². The Kier molecular flexibility index (Phi) is 2.71. The van der Waals surface area contributed by atoms with E-state index in [4.69, 9.17) is 5.73 Å². The van der Waals surface area contributed by atoms with Crippen molar-refractivity contribution in [2.24, 2.45) is 0 Å². The normalized spacial score (nSPS) is 14.1. The first-order valence-electron chi connectivity index (χ1n) is 6.78. The standard InChI is InChI=1S/C13H12N8O/c14-13-15-6-8-3-5-20(7-10(8)16-13)12(22)9-2-1-4-21-11(9)17-18-19-21/h1-2,4,6H,3,5,7H2,(H2,14,15,16). The maximum atomic E-state index is 12.7. The molecular weight excluding hydrogens is 284 g/mol. The van der Waals surface area contributed by atoms with Crippen molar-refractivity contribution in [1.82, 2.24) is 34.9 Å². The number of hydrogen-bond donors (Lipinski definition) is 1. The monoisotopic (exact) mass is 296 g/mol. The number of tetrazole rings is 1. The van der Waals surface area contributed by atoms with Crippen LogP contribution in [0.2, 0.25) is 0 Å². The molecule has 0 saturated heterocycles. The minimum atomic E-state index is -0.122. The summed E-state index contributed by atoms with van der Waals surface area (Å²) < 4.78 is 1.48. The molecule has 0 aliphatic carbocycles. The Hall–Kier alpha value is -3.10. The largest absolute Gasteiger partial charge is 0.368 e. The van der Waals surface area contributed by atoms with Crippen LogP contribution in [0.3, 0.4) is 0 Å². The third-order valence-electron chi connectivity index (χ3n) is 3.71. The van der Waals surface area contributed by atoms with E-state index in [0.717, 1.165) is 11.3 Å². The molecule has 22 heavy (non-hydrogen) atoms. The molecule has 1 aliphatic heterocycles. The number of aromatic nitrogens is 6. The number of fused-ring (bicyclic) bond motifs is 2. The second-order valence-electron chi connectivity index (χ2n) is 5.05. The molecule has 0 atom stereocenters. The zero-order valence-electron chi connectivity index (χ0n) is 11.5. The lowest BCUT2D eigenvalue weighted by Crippen LogP contribution is -2.37. The Balaban J connectivity index is 1.68. The van der Waals surface area contributed by atoms with E-state index in [2.05, 4.69) is 25.5 Å². The minimum Gasteiger partial charge on any atom is -0.368 e. The number of amides is 1. The average Bonchev–Trinajstić information content (AvgIpc) is 3.02. The Bertz CT molecular complexity index is 873. The molecule has 1 amide bonds. The number of pyridine rings is 1. The van der Waals surface area contributed by atoms with Crippen LogP contribution in [0.15, 0.2) is 24.5 Å². The van der Waals surface area contributed by atoms with E-state index in [0.29, 0.717) is 30.7 Å². The molecule has 3 aromatic heterocycles. The molecule has 0 radical (unpaired) electrons. The van der Waals surface area contributed by atoms with Crippen molar-refractivity contribution >= 4 is 17.5 Å². The third kappa shape index (κ3) is 1.94. The smallest absolute Gasteiger partial charge is 0.258 e. The van der Waals surface area contributed by atoms with Gasteiger partial charge in [0.15, 0.2) is 5.65 Å². The van der Waals surface area contributed by atoms with Crippen molar-refractivity contribution in [2.75, 3.05) is 12.3 Å². The van der Waals surface area contributed by atoms with Crippen LogP contribution in [-0.4, -0.2) is 47.4 Å². The first kappa shape index (κ1) is 12.6. The Morgan fingerprint density at radius 2 is 2.27 bits per heavy atom. The van der Waals surface area contributed by atoms with Gasteiger partial charge < -0.3 is 10.6 Å². The first-order chi connectivity index (χ1) is 10.7. The van der Waals surface area contributed by atoms with Crippen molar-refractivity contribution in [3.05, 3.63) is 41.3 Å². The van der Waals surface area contributed by atoms with E-state index in [1.54, 1.807) is 29.4 Å². The fraction of sp³-hybridized carbons (Fsp3) is 0.231. The maximum Gasteiger partial charge on any atom is 0.258 e. The summed E-state index contributed by atoms with van der Waals surface area (Å²) in [4.78, 5) is 22.7. The first-order valence-corrected chi connectivity index (χ1v) is 6.78. The van der Waals surface area contributed by atoms with Crippen LogP contribution in [-0.2, 0) is 13.0 Å². The topological polar surface area (TPSA) is 115 Å². The molecule has 9 nitrogen and oxygen atoms in total. The summed E-state index contributed by atoms with van der Waals surface area (Å²) in [6, 6.07) is 3.46. The summed E-state index contributed by atoms with van der Waals surface area (Å²) in [7, 11) is 0. The molecule has 2 N–H and O–H groups in total. The van der Waals surface area contributed by atoms with E-state index in [9.17, 15) is 4.79 Å². The van der Waals surface area contributed by atoms with Crippen LogP contribution in [0.25, 0.3) is 5.65 Å². The molecule has 0 spiro atoms. The van der Waals surface area contributed by atoms with E-state index in [1.165, 1.54) is 4.52 Å². The highest BCUT2D eigenvalue weighted by molar-refractivity contribution is 5.99. The van der Waals surface area contributed by atoms with Gasteiger partial charge in [-0.05, 0) is 34.5 Å². The molecule has 3 aromatic rings.